The third-order valence-electron chi connectivity index (χ3n) is 3.67. The summed E-state index contributed by atoms with van der Waals surface area (Å²) in [6.45, 7) is 1.38. The van der Waals surface area contributed by atoms with Gasteiger partial charge in [-0.25, -0.2) is 4.79 Å². The molecule has 0 atom stereocenters. The molecule has 11 nitrogen and oxygen atoms in total. The summed E-state index contributed by atoms with van der Waals surface area (Å²) in [6.07, 6.45) is 0.787. The van der Waals surface area contributed by atoms with E-state index in [1.165, 1.54) is 26.4 Å². The van der Waals surface area contributed by atoms with Gasteiger partial charge in [0.1, 0.15) is 0 Å². The molecule has 0 unspecified atom stereocenters. The van der Waals surface area contributed by atoms with Crippen LogP contribution in [0, 0.1) is 0 Å². The van der Waals surface area contributed by atoms with E-state index in [2.05, 4.69) is 10.2 Å². The molecule has 150 valence electrons. The van der Waals surface area contributed by atoms with Gasteiger partial charge >= 0.3 is 11.9 Å². The normalized spacial score (nSPS) is 10.4. The molecule has 0 saturated carbocycles. The van der Waals surface area contributed by atoms with Gasteiger partial charge < -0.3 is 25.1 Å². The summed E-state index contributed by atoms with van der Waals surface area (Å²) < 4.78 is 15.2. The van der Waals surface area contributed by atoms with Crippen molar-refractivity contribution in [3.63, 3.8) is 0 Å². The van der Waals surface area contributed by atoms with Gasteiger partial charge in [0.2, 0.25) is 18.2 Å². The lowest BCUT2D eigenvalue weighted by Gasteiger charge is -2.11. The maximum Gasteiger partial charge on any atom is 0.358 e. The van der Waals surface area contributed by atoms with E-state index >= 15 is 0 Å². The van der Waals surface area contributed by atoms with E-state index < -0.39 is 35.8 Å². The Hall–Kier alpha value is -3.63. The molecule has 0 aliphatic heterocycles. The Labute approximate surface area is 160 Å². The Morgan fingerprint density at radius 2 is 1.71 bits per heavy atom. The third-order valence-corrected chi connectivity index (χ3v) is 3.67. The SMILES string of the molecule is CCCC(=O)OCn1nc(C(=O)O)c(C(=O)c2cc(OC)c(OC)cc2N)n1. The highest BCUT2D eigenvalue weighted by Gasteiger charge is 2.27. The summed E-state index contributed by atoms with van der Waals surface area (Å²) in [7, 11) is 2.79. The molecule has 28 heavy (non-hydrogen) atoms. The second-order valence-electron chi connectivity index (χ2n) is 5.59. The number of nitrogens with zero attached hydrogens (tertiary/aromatic N) is 3. The number of ether oxygens (including phenoxy) is 3. The number of anilines is 1. The molecular weight excluding hydrogens is 372 g/mol. The number of aromatic carboxylic acids is 1. The average molecular weight is 392 g/mol. The highest BCUT2D eigenvalue weighted by molar-refractivity contribution is 6.15. The smallest absolute Gasteiger partial charge is 0.358 e. The quantitative estimate of drug-likeness (QED) is 0.360. The fourth-order valence-electron chi connectivity index (χ4n) is 2.33. The molecule has 11 heteroatoms. The lowest BCUT2D eigenvalue weighted by molar-refractivity contribution is -0.148. The molecule has 0 fully saturated rings. The highest BCUT2D eigenvalue weighted by atomic mass is 16.5. The summed E-state index contributed by atoms with van der Waals surface area (Å²) in [6, 6.07) is 2.70. The third kappa shape index (κ3) is 4.37. The van der Waals surface area contributed by atoms with Crippen molar-refractivity contribution in [3.8, 4) is 11.5 Å². The number of methoxy groups -OCH3 is 2. The van der Waals surface area contributed by atoms with Crippen LogP contribution in [-0.4, -0.2) is 52.0 Å². The predicted molar refractivity (Wildman–Crippen MR) is 95.4 cm³/mol. The van der Waals surface area contributed by atoms with Crippen molar-refractivity contribution in [1.82, 2.24) is 15.0 Å². The number of esters is 1. The zero-order valence-electron chi connectivity index (χ0n) is 15.6. The molecule has 1 heterocycles. The monoisotopic (exact) mass is 392 g/mol. The first-order chi connectivity index (χ1) is 13.3. The second-order valence-corrected chi connectivity index (χ2v) is 5.59. The van der Waals surface area contributed by atoms with E-state index in [-0.39, 0.29) is 23.4 Å². The van der Waals surface area contributed by atoms with Crippen LogP contribution in [0.25, 0.3) is 0 Å². The van der Waals surface area contributed by atoms with Crippen molar-refractivity contribution >= 4 is 23.4 Å². The minimum atomic E-state index is -1.46. The largest absolute Gasteiger partial charge is 0.493 e. The van der Waals surface area contributed by atoms with Gasteiger partial charge in [-0.1, -0.05) is 6.92 Å². The fraction of sp³-hybridized carbons (Fsp3) is 0.353. The molecule has 0 saturated heterocycles. The number of carboxylic acids is 1. The molecule has 0 bridgehead atoms. The number of nitrogen functional groups attached to an aromatic ring is 1. The van der Waals surface area contributed by atoms with E-state index in [0.29, 0.717) is 12.2 Å². The average Bonchev–Trinajstić information content (AvgIpc) is 3.10. The van der Waals surface area contributed by atoms with Gasteiger partial charge in [0, 0.05) is 18.2 Å². The van der Waals surface area contributed by atoms with Gasteiger partial charge in [-0.2, -0.15) is 0 Å². The number of rotatable bonds is 9. The lowest BCUT2D eigenvalue weighted by Crippen LogP contribution is -2.13. The van der Waals surface area contributed by atoms with E-state index in [1.54, 1.807) is 6.92 Å². The van der Waals surface area contributed by atoms with Crippen molar-refractivity contribution in [2.75, 3.05) is 20.0 Å². The molecule has 0 amide bonds. The topological polar surface area (TPSA) is 156 Å². The summed E-state index contributed by atoms with van der Waals surface area (Å²) in [4.78, 5) is 36.6. The summed E-state index contributed by atoms with van der Waals surface area (Å²) in [5.74, 6) is -2.19. The van der Waals surface area contributed by atoms with Gasteiger partial charge in [0.05, 0.1) is 19.8 Å². The Morgan fingerprint density at radius 3 is 2.29 bits per heavy atom. The van der Waals surface area contributed by atoms with Crippen molar-refractivity contribution < 1.29 is 33.7 Å². The summed E-state index contributed by atoms with van der Waals surface area (Å²) in [5, 5.41) is 16.9. The number of aromatic nitrogens is 3. The summed E-state index contributed by atoms with van der Waals surface area (Å²) >= 11 is 0. The number of hydrogen-bond acceptors (Lipinski definition) is 9. The van der Waals surface area contributed by atoms with Gasteiger partial charge in [-0.3, -0.25) is 9.59 Å². The van der Waals surface area contributed by atoms with E-state index in [9.17, 15) is 19.5 Å². The van der Waals surface area contributed by atoms with Crippen LogP contribution in [-0.2, 0) is 16.3 Å². The molecule has 0 spiro atoms. The molecule has 0 aliphatic rings. The maximum absolute atomic E-state index is 12.9. The first-order valence-corrected chi connectivity index (χ1v) is 8.22. The van der Waals surface area contributed by atoms with Crippen LogP contribution in [0.2, 0.25) is 0 Å². The minimum Gasteiger partial charge on any atom is -0.493 e. The number of carboxylic acid groups (broad SMARTS) is 1. The van der Waals surface area contributed by atoms with Crippen LogP contribution in [0.15, 0.2) is 12.1 Å². The Kier molecular flexibility index (Phi) is 6.53. The van der Waals surface area contributed by atoms with Crippen molar-refractivity contribution in [2.45, 2.75) is 26.5 Å². The zero-order valence-corrected chi connectivity index (χ0v) is 15.6. The van der Waals surface area contributed by atoms with Gasteiger partial charge in [0.25, 0.3) is 0 Å². The zero-order chi connectivity index (χ0) is 20.8. The number of nitrogens with two attached hydrogens (primary N) is 1. The fourth-order valence-corrected chi connectivity index (χ4v) is 2.33. The molecule has 2 rings (SSSR count). The van der Waals surface area contributed by atoms with Crippen LogP contribution < -0.4 is 15.2 Å². The highest BCUT2D eigenvalue weighted by Crippen LogP contribution is 2.33. The van der Waals surface area contributed by atoms with Crippen LogP contribution in [0.3, 0.4) is 0 Å². The predicted octanol–water partition coefficient (Wildman–Crippen LogP) is 1.11. The van der Waals surface area contributed by atoms with Crippen LogP contribution in [0.5, 0.6) is 11.5 Å². The lowest BCUT2D eigenvalue weighted by atomic mass is 10.0. The first kappa shape index (κ1) is 20.7. The molecule has 2 aromatic rings. The number of ketones is 1. The Balaban J connectivity index is 2.39. The van der Waals surface area contributed by atoms with Crippen molar-refractivity contribution in [3.05, 3.63) is 29.1 Å². The number of benzene rings is 1. The van der Waals surface area contributed by atoms with E-state index in [4.69, 9.17) is 19.9 Å². The standard InChI is InChI=1S/C17H20N4O7/c1-4-5-13(22)28-8-21-19-14(15(20-21)17(24)25)16(23)9-6-11(26-2)12(27-3)7-10(9)18/h6-7H,4-5,8,18H2,1-3H3,(H,24,25). The second kappa shape index (κ2) is 8.84. The van der Waals surface area contributed by atoms with Crippen molar-refractivity contribution in [1.29, 1.82) is 0 Å². The number of carbonyl (C=O) groups is 3. The molecular formula is C17H20N4O7. The van der Waals surface area contributed by atoms with Crippen LogP contribution in [0.1, 0.15) is 46.3 Å². The van der Waals surface area contributed by atoms with E-state index in [0.717, 1.165) is 4.80 Å². The molecule has 3 N–H and O–H groups in total. The van der Waals surface area contributed by atoms with Crippen LogP contribution in [0.4, 0.5) is 5.69 Å². The Bertz CT molecular complexity index is 907. The Morgan fingerprint density at radius 1 is 1.11 bits per heavy atom. The first-order valence-electron chi connectivity index (χ1n) is 8.22. The molecule has 1 aromatic heterocycles. The molecule has 1 aromatic carbocycles. The molecule has 0 radical (unpaired) electrons. The van der Waals surface area contributed by atoms with Crippen molar-refractivity contribution in [2.24, 2.45) is 0 Å². The van der Waals surface area contributed by atoms with Gasteiger partial charge in [-0.05, 0) is 12.5 Å². The number of hydrogen-bond donors (Lipinski definition) is 2. The van der Waals surface area contributed by atoms with Crippen LogP contribution >= 0.6 is 0 Å². The number of carbonyl (C=O) groups excluding carboxylic acids is 2. The summed E-state index contributed by atoms with van der Waals surface area (Å²) in [5.41, 5.74) is 4.87. The van der Waals surface area contributed by atoms with Gasteiger partial charge in [-0.15, -0.1) is 15.0 Å². The van der Waals surface area contributed by atoms with Gasteiger partial charge in [0.15, 0.2) is 17.2 Å². The molecule has 0 aliphatic carbocycles. The maximum atomic E-state index is 12.9. The minimum absolute atomic E-state index is 0.0322. The van der Waals surface area contributed by atoms with E-state index in [1.807, 2.05) is 0 Å².